The SMILES string of the molecule is O=C(O)/C=C/c1ccc2c(c1)NC(=O)[C@H](Cc1c[nH]c3ccccc13)N2. The number of fused-ring (bicyclic) bond motifs is 2. The molecule has 0 saturated heterocycles. The lowest BCUT2D eigenvalue weighted by Gasteiger charge is -2.27. The van der Waals surface area contributed by atoms with Crippen LogP contribution in [0.5, 0.6) is 0 Å². The summed E-state index contributed by atoms with van der Waals surface area (Å²) in [4.78, 5) is 26.4. The van der Waals surface area contributed by atoms with Gasteiger partial charge in [0.15, 0.2) is 0 Å². The van der Waals surface area contributed by atoms with Gasteiger partial charge in [-0.05, 0) is 35.4 Å². The van der Waals surface area contributed by atoms with Crippen molar-refractivity contribution < 1.29 is 14.7 Å². The third kappa shape index (κ3) is 3.04. The van der Waals surface area contributed by atoms with Gasteiger partial charge in [-0.15, -0.1) is 0 Å². The Morgan fingerprint density at radius 3 is 2.85 bits per heavy atom. The Hall–Kier alpha value is -3.54. The number of carboxylic acid groups (broad SMARTS) is 1. The number of benzene rings is 2. The predicted octanol–water partition coefficient (Wildman–Crippen LogP) is 3.24. The molecule has 0 saturated carbocycles. The topological polar surface area (TPSA) is 94.2 Å². The lowest BCUT2D eigenvalue weighted by Crippen LogP contribution is -2.40. The van der Waals surface area contributed by atoms with Crippen molar-refractivity contribution in [2.75, 3.05) is 10.6 Å². The van der Waals surface area contributed by atoms with Crippen molar-refractivity contribution in [1.82, 2.24) is 4.98 Å². The number of para-hydroxylation sites is 1. The highest BCUT2D eigenvalue weighted by molar-refractivity contribution is 6.04. The summed E-state index contributed by atoms with van der Waals surface area (Å²) in [5, 5.41) is 16.0. The molecule has 26 heavy (non-hydrogen) atoms. The Morgan fingerprint density at radius 1 is 1.15 bits per heavy atom. The molecule has 1 atom stereocenters. The lowest BCUT2D eigenvalue weighted by molar-refractivity contribution is -0.131. The van der Waals surface area contributed by atoms with Crippen molar-refractivity contribution in [3.05, 3.63) is 65.9 Å². The molecule has 6 nitrogen and oxygen atoms in total. The number of aromatic nitrogens is 1. The molecule has 1 aromatic heterocycles. The van der Waals surface area contributed by atoms with Gasteiger partial charge in [-0.25, -0.2) is 4.79 Å². The molecule has 1 amide bonds. The summed E-state index contributed by atoms with van der Waals surface area (Å²) in [7, 11) is 0. The van der Waals surface area contributed by atoms with Crippen molar-refractivity contribution in [3.63, 3.8) is 0 Å². The zero-order valence-corrected chi connectivity index (χ0v) is 13.8. The van der Waals surface area contributed by atoms with E-state index in [9.17, 15) is 9.59 Å². The van der Waals surface area contributed by atoms with Crippen LogP contribution >= 0.6 is 0 Å². The number of nitrogens with one attached hydrogen (secondary N) is 3. The standard InChI is InChI=1S/C20H17N3O3/c24-19(25)8-6-12-5-7-16-17(9-12)23-20(26)18(22-16)10-13-11-21-15-4-2-1-3-14(13)15/h1-9,11,18,21-22H,10H2,(H,23,26)(H,24,25)/b8-6+/t18-/m0/s1. The first-order valence-electron chi connectivity index (χ1n) is 8.27. The Balaban J connectivity index is 1.56. The summed E-state index contributed by atoms with van der Waals surface area (Å²) in [6, 6.07) is 13.0. The largest absolute Gasteiger partial charge is 0.478 e. The van der Waals surface area contributed by atoms with Gasteiger partial charge in [-0.3, -0.25) is 4.79 Å². The van der Waals surface area contributed by atoms with Crippen molar-refractivity contribution in [1.29, 1.82) is 0 Å². The molecule has 2 heterocycles. The molecule has 1 aliphatic rings. The van der Waals surface area contributed by atoms with Crippen LogP contribution in [0.1, 0.15) is 11.1 Å². The quantitative estimate of drug-likeness (QED) is 0.545. The van der Waals surface area contributed by atoms with E-state index >= 15 is 0 Å². The van der Waals surface area contributed by atoms with Crippen LogP contribution in [0.3, 0.4) is 0 Å². The molecule has 6 heteroatoms. The molecule has 0 radical (unpaired) electrons. The van der Waals surface area contributed by atoms with Gasteiger partial charge in [-0.2, -0.15) is 0 Å². The van der Waals surface area contributed by atoms with E-state index in [0.29, 0.717) is 17.7 Å². The first-order chi connectivity index (χ1) is 12.6. The number of carbonyl (C=O) groups is 2. The molecule has 0 spiro atoms. The fraction of sp³-hybridized carbons (Fsp3) is 0.100. The number of anilines is 2. The summed E-state index contributed by atoms with van der Waals surface area (Å²) in [5.41, 5.74) is 4.31. The van der Waals surface area contributed by atoms with Gasteiger partial charge in [-0.1, -0.05) is 24.3 Å². The number of carboxylic acids is 1. The molecule has 2 aromatic carbocycles. The highest BCUT2D eigenvalue weighted by Crippen LogP contribution is 2.30. The second-order valence-corrected chi connectivity index (χ2v) is 6.23. The molecule has 3 aromatic rings. The first-order valence-corrected chi connectivity index (χ1v) is 8.27. The van der Waals surface area contributed by atoms with Crippen molar-refractivity contribution >= 4 is 40.2 Å². The third-order valence-electron chi connectivity index (χ3n) is 4.47. The van der Waals surface area contributed by atoms with Gasteiger partial charge < -0.3 is 20.7 Å². The monoisotopic (exact) mass is 347 g/mol. The summed E-state index contributed by atoms with van der Waals surface area (Å²) in [6.45, 7) is 0. The maximum Gasteiger partial charge on any atom is 0.328 e. The molecule has 1 aliphatic heterocycles. The van der Waals surface area contributed by atoms with E-state index in [1.165, 1.54) is 6.08 Å². The Kier molecular flexibility index (Phi) is 3.93. The van der Waals surface area contributed by atoms with Gasteiger partial charge in [0, 0.05) is 29.6 Å². The van der Waals surface area contributed by atoms with Crippen LogP contribution in [-0.2, 0) is 16.0 Å². The Bertz CT molecular complexity index is 1040. The number of hydrogen-bond donors (Lipinski definition) is 4. The fourth-order valence-corrected chi connectivity index (χ4v) is 3.20. The highest BCUT2D eigenvalue weighted by atomic mass is 16.4. The van der Waals surface area contributed by atoms with E-state index in [2.05, 4.69) is 15.6 Å². The van der Waals surface area contributed by atoms with E-state index in [-0.39, 0.29) is 11.9 Å². The maximum absolute atomic E-state index is 12.5. The van der Waals surface area contributed by atoms with Crippen LogP contribution in [0.2, 0.25) is 0 Å². The maximum atomic E-state index is 12.5. The average molecular weight is 347 g/mol. The van der Waals surface area contributed by atoms with E-state index in [1.54, 1.807) is 6.07 Å². The zero-order valence-electron chi connectivity index (χ0n) is 13.8. The number of aromatic amines is 1. The van der Waals surface area contributed by atoms with E-state index in [0.717, 1.165) is 28.2 Å². The molecule has 4 rings (SSSR count). The molecular weight excluding hydrogens is 330 g/mol. The van der Waals surface area contributed by atoms with Gasteiger partial charge in [0.25, 0.3) is 0 Å². The van der Waals surface area contributed by atoms with Crippen molar-refractivity contribution in [2.24, 2.45) is 0 Å². The van der Waals surface area contributed by atoms with E-state index in [1.807, 2.05) is 42.6 Å². The predicted molar refractivity (Wildman–Crippen MR) is 101 cm³/mol. The third-order valence-corrected chi connectivity index (χ3v) is 4.47. The van der Waals surface area contributed by atoms with Crippen LogP contribution in [0.15, 0.2) is 54.7 Å². The zero-order chi connectivity index (χ0) is 18.1. The van der Waals surface area contributed by atoms with Gasteiger partial charge in [0.2, 0.25) is 5.91 Å². The second kappa shape index (κ2) is 6.40. The van der Waals surface area contributed by atoms with Crippen LogP contribution < -0.4 is 10.6 Å². The normalized spacial score (nSPS) is 16.3. The number of H-pyrrole nitrogens is 1. The summed E-state index contributed by atoms with van der Waals surface area (Å²) < 4.78 is 0. The second-order valence-electron chi connectivity index (χ2n) is 6.23. The fourth-order valence-electron chi connectivity index (χ4n) is 3.20. The van der Waals surface area contributed by atoms with Crippen LogP contribution in [0.4, 0.5) is 11.4 Å². The van der Waals surface area contributed by atoms with Crippen molar-refractivity contribution in [3.8, 4) is 0 Å². The molecular formula is C20H17N3O3. The Morgan fingerprint density at radius 2 is 2.00 bits per heavy atom. The molecule has 0 bridgehead atoms. The minimum atomic E-state index is -1.01. The number of amides is 1. The molecule has 0 fully saturated rings. The van der Waals surface area contributed by atoms with Crippen LogP contribution in [0.25, 0.3) is 17.0 Å². The molecule has 4 N–H and O–H groups in total. The lowest BCUT2D eigenvalue weighted by atomic mass is 10.0. The summed E-state index contributed by atoms with van der Waals surface area (Å²) in [6.07, 6.45) is 5.07. The van der Waals surface area contributed by atoms with E-state index in [4.69, 9.17) is 5.11 Å². The first kappa shape index (κ1) is 16.0. The van der Waals surface area contributed by atoms with Crippen LogP contribution in [0, 0.1) is 0 Å². The smallest absolute Gasteiger partial charge is 0.328 e. The summed E-state index contributed by atoms with van der Waals surface area (Å²) >= 11 is 0. The minimum absolute atomic E-state index is 0.109. The number of carbonyl (C=O) groups excluding carboxylic acids is 1. The highest BCUT2D eigenvalue weighted by Gasteiger charge is 2.26. The molecule has 0 unspecified atom stereocenters. The number of aliphatic carboxylic acids is 1. The number of rotatable bonds is 4. The Labute approximate surface area is 149 Å². The molecule has 130 valence electrons. The van der Waals surface area contributed by atoms with Crippen LogP contribution in [-0.4, -0.2) is 28.0 Å². The van der Waals surface area contributed by atoms with Gasteiger partial charge in [0.05, 0.1) is 11.4 Å². The minimum Gasteiger partial charge on any atom is -0.478 e. The molecule has 0 aliphatic carbocycles. The summed E-state index contributed by atoms with van der Waals surface area (Å²) in [5.74, 6) is -1.12. The number of hydrogen-bond acceptors (Lipinski definition) is 3. The van der Waals surface area contributed by atoms with E-state index < -0.39 is 5.97 Å². The average Bonchev–Trinajstić information content (AvgIpc) is 3.03. The van der Waals surface area contributed by atoms with Gasteiger partial charge >= 0.3 is 5.97 Å². The van der Waals surface area contributed by atoms with Crippen molar-refractivity contribution in [2.45, 2.75) is 12.5 Å². The van der Waals surface area contributed by atoms with Gasteiger partial charge in [0.1, 0.15) is 6.04 Å².